The maximum atomic E-state index is 12.6. The van der Waals surface area contributed by atoms with Crippen molar-refractivity contribution in [2.75, 3.05) is 19.8 Å². The number of carbonyl (C=O) groups excluding carboxylic acids is 2. The molecule has 1 unspecified atom stereocenters. The Morgan fingerprint density at radius 2 is 1.57 bits per heavy atom. The molecule has 0 aliphatic rings. The molecule has 1 rings (SSSR count). The summed E-state index contributed by atoms with van der Waals surface area (Å²) < 4.78 is 10.3. The molecule has 0 radical (unpaired) electrons. The summed E-state index contributed by atoms with van der Waals surface area (Å²) in [5.74, 6) is -1.68. The number of benzene rings is 1. The first-order chi connectivity index (χ1) is 10.0. The first kappa shape index (κ1) is 17.2. The Labute approximate surface area is 125 Å². The van der Waals surface area contributed by atoms with Gasteiger partial charge in [-0.3, -0.25) is 9.59 Å². The molecule has 0 bridgehead atoms. The van der Waals surface area contributed by atoms with Gasteiger partial charge < -0.3 is 15.2 Å². The first-order valence-corrected chi connectivity index (χ1v) is 7.15. The summed E-state index contributed by atoms with van der Waals surface area (Å²) in [6, 6.07) is 8.80. The summed E-state index contributed by atoms with van der Waals surface area (Å²) in [6.07, 6.45) is 0. The van der Waals surface area contributed by atoms with Crippen molar-refractivity contribution in [2.45, 2.75) is 26.2 Å². The maximum absolute atomic E-state index is 12.6. The lowest BCUT2D eigenvalue weighted by atomic mass is 9.70. The van der Waals surface area contributed by atoms with Crippen LogP contribution in [-0.2, 0) is 24.5 Å². The van der Waals surface area contributed by atoms with Crippen LogP contribution in [0.3, 0.4) is 0 Å². The molecule has 0 spiro atoms. The van der Waals surface area contributed by atoms with Crippen LogP contribution in [0.4, 0.5) is 0 Å². The molecule has 21 heavy (non-hydrogen) atoms. The van der Waals surface area contributed by atoms with Gasteiger partial charge in [-0.2, -0.15) is 0 Å². The number of esters is 2. The molecular formula is C16H23NO4. The first-order valence-electron chi connectivity index (χ1n) is 7.15. The molecular weight excluding hydrogens is 270 g/mol. The maximum Gasteiger partial charge on any atom is 0.328 e. The van der Waals surface area contributed by atoms with Crippen LogP contribution < -0.4 is 5.73 Å². The summed E-state index contributed by atoms with van der Waals surface area (Å²) in [6.45, 7) is 5.68. The highest BCUT2D eigenvalue weighted by Gasteiger charge is 2.54. The summed E-state index contributed by atoms with van der Waals surface area (Å²) in [5.41, 5.74) is 4.76. The van der Waals surface area contributed by atoms with E-state index in [4.69, 9.17) is 15.2 Å². The Kier molecular flexibility index (Phi) is 6.37. The SMILES string of the molecule is CCOC(=O)C(C(=O)OCC)(c1ccccc1)C(C)CN. The van der Waals surface area contributed by atoms with Crippen molar-refractivity contribution < 1.29 is 19.1 Å². The number of hydrogen-bond donors (Lipinski definition) is 1. The lowest BCUT2D eigenvalue weighted by Gasteiger charge is -2.34. The van der Waals surface area contributed by atoms with Gasteiger partial charge in [-0.1, -0.05) is 37.3 Å². The highest BCUT2D eigenvalue weighted by atomic mass is 16.6. The highest BCUT2D eigenvalue weighted by Crippen LogP contribution is 2.35. The van der Waals surface area contributed by atoms with Gasteiger partial charge in [0.1, 0.15) is 0 Å². The van der Waals surface area contributed by atoms with Crippen molar-refractivity contribution >= 4 is 11.9 Å². The van der Waals surface area contributed by atoms with E-state index in [-0.39, 0.29) is 19.8 Å². The molecule has 0 aliphatic carbocycles. The normalized spacial score (nSPS) is 12.6. The van der Waals surface area contributed by atoms with E-state index in [0.29, 0.717) is 5.56 Å². The third-order valence-electron chi connectivity index (χ3n) is 3.52. The van der Waals surface area contributed by atoms with Gasteiger partial charge in [0.2, 0.25) is 0 Å². The number of carbonyl (C=O) groups is 2. The van der Waals surface area contributed by atoms with E-state index in [0.717, 1.165) is 0 Å². The Balaban J connectivity index is 3.48. The van der Waals surface area contributed by atoms with Crippen molar-refractivity contribution in [3.63, 3.8) is 0 Å². The Morgan fingerprint density at radius 1 is 1.10 bits per heavy atom. The van der Waals surface area contributed by atoms with Gasteiger partial charge in [0.15, 0.2) is 5.41 Å². The summed E-state index contributed by atoms with van der Waals surface area (Å²) in [4.78, 5) is 25.2. The van der Waals surface area contributed by atoms with Gasteiger partial charge in [-0.15, -0.1) is 0 Å². The minimum Gasteiger partial charge on any atom is -0.465 e. The predicted octanol–water partition coefficient (Wildman–Crippen LogP) is 1.65. The molecule has 0 aromatic heterocycles. The molecule has 0 saturated heterocycles. The molecule has 1 aromatic rings. The Hall–Kier alpha value is -1.88. The number of nitrogens with two attached hydrogens (primary N) is 1. The lowest BCUT2D eigenvalue weighted by Crippen LogP contribution is -2.53. The minimum absolute atomic E-state index is 0.159. The molecule has 0 heterocycles. The van der Waals surface area contributed by atoms with E-state index in [9.17, 15) is 9.59 Å². The quantitative estimate of drug-likeness (QED) is 0.611. The Morgan fingerprint density at radius 3 is 1.95 bits per heavy atom. The molecule has 5 nitrogen and oxygen atoms in total. The van der Waals surface area contributed by atoms with Crippen molar-refractivity contribution in [2.24, 2.45) is 11.7 Å². The number of rotatable bonds is 7. The van der Waals surface area contributed by atoms with Gasteiger partial charge >= 0.3 is 11.9 Å². The fraction of sp³-hybridized carbons (Fsp3) is 0.500. The monoisotopic (exact) mass is 293 g/mol. The molecule has 0 aliphatic heterocycles. The van der Waals surface area contributed by atoms with Crippen LogP contribution in [0.25, 0.3) is 0 Å². The van der Waals surface area contributed by atoms with Crippen LogP contribution in [-0.4, -0.2) is 31.7 Å². The molecule has 116 valence electrons. The zero-order chi connectivity index (χ0) is 15.9. The van der Waals surface area contributed by atoms with Crippen LogP contribution in [0.5, 0.6) is 0 Å². The third-order valence-corrected chi connectivity index (χ3v) is 3.52. The van der Waals surface area contributed by atoms with E-state index in [1.807, 2.05) is 6.07 Å². The molecule has 5 heteroatoms. The average molecular weight is 293 g/mol. The third kappa shape index (κ3) is 3.24. The summed E-state index contributed by atoms with van der Waals surface area (Å²) in [5, 5.41) is 0. The standard InChI is InChI=1S/C16H23NO4/c1-4-20-14(18)16(12(3)11-17,15(19)21-5-2)13-9-7-6-8-10-13/h6-10,12H,4-5,11,17H2,1-3H3. The molecule has 0 amide bonds. The molecule has 2 N–H and O–H groups in total. The second-order valence-corrected chi connectivity index (χ2v) is 4.75. The zero-order valence-corrected chi connectivity index (χ0v) is 12.8. The summed E-state index contributed by atoms with van der Waals surface area (Å²) in [7, 11) is 0. The summed E-state index contributed by atoms with van der Waals surface area (Å²) >= 11 is 0. The average Bonchev–Trinajstić information content (AvgIpc) is 2.49. The molecule has 0 saturated carbocycles. The van der Waals surface area contributed by atoms with Crippen molar-refractivity contribution in [3.8, 4) is 0 Å². The van der Waals surface area contributed by atoms with E-state index >= 15 is 0 Å². The number of ether oxygens (including phenoxy) is 2. The number of hydrogen-bond acceptors (Lipinski definition) is 5. The fourth-order valence-corrected chi connectivity index (χ4v) is 2.37. The lowest BCUT2D eigenvalue weighted by molar-refractivity contribution is -0.167. The predicted molar refractivity (Wildman–Crippen MR) is 79.6 cm³/mol. The smallest absolute Gasteiger partial charge is 0.328 e. The zero-order valence-electron chi connectivity index (χ0n) is 12.8. The van der Waals surface area contributed by atoms with Gasteiger partial charge in [0.05, 0.1) is 13.2 Å². The minimum atomic E-state index is -1.53. The highest BCUT2D eigenvalue weighted by molar-refractivity contribution is 6.06. The van der Waals surface area contributed by atoms with E-state index < -0.39 is 23.3 Å². The van der Waals surface area contributed by atoms with Gasteiger partial charge in [0, 0.05) is 0 Å². The van der Waals surface area contributed by atoms with Crippen LogP contribution in [0, 0.1) is 5.92 Å². The molecule has 1 aromatic carbocycles. The van der Waals surface area contributed by atoms with Gasteiger partial charge in [-0.05, 0) is 31.9 Å². The topological polar surface area (TPSA) is 78.6 Å². The second-order valence-electron chi connectivity index (χ2n) is 4.75. The van der Waals surface area contributed by atoms with Crippen LogP contribution in [0.1, 0.15) is 26.3 Å². The van der Waals surface area contributed by atoms with Gasteiger partial charge in [-0.25, -0.2) is 0 Å². The molecule has 1 atom stereocenters. The van der Waals surface area contributed by atoms with Crippen molar-refractivity contribution in [1.29, 1.82) is 0 Å². The van der Waals surface area contributed by atoms with Crippen LogP contribution in [0.15, 0.2) is 30.3 Å². The van der Waals surface area contributed by atoms with Crippen molar-refractivity contribution in [3.05, 3.63) is 35.9 Å². The largest absolute Gasteiger partial charge is 0.465 e. The van der Waals surface area contributed by atoms with E-state index in [2.05, 4.69) is 0 Å². The second kappa shape index (κ2) is 7.78. The van der Waals surface area contributed by atoms with Gasteiger partial charge in [0.25, 0.3) is 0 Å². The van der Waals surface area contributed by atoms with E-state index in [1.165, 1.54) is 0 Å². The van der Waals surface area contributed by atoms with E-state index in [1.54, 1.807) is 45.0 Å². The van der Waals surface area contributed by atoms with Crippen molar-refractivity contribution in [1.82, 2.24) is 0 Å². The van der Waals surface area contributed by atoms with Crippen LogP contribution >= 0.6 is 0 Å². The Bertz CT molecular complexity index is 454. The fourth-order valence-electron chi connectivity index (χ4n) is 2.37. The molecule has 0 fully saturated rings. The van der Waals surface area contributed by atoms with Crippen LogP contribution in [0.2, 0.25) is 0 Å².